The van der Waals surface area contributed by atoms with Crippen LogP contribution < -0.4 is 4.72 Å². The summed E-state index contributed by atoms with van der Waals surface area (Å²) >= 11 is 2.94. The van der Waals surface area contributed by atoms with Gasteiger partial charge in [0, 0.05) is 13.2 Å². The van der Waals surface area contributed by atoms with Crippen molar-refractivity contribution in [1.29, 1.82) is 0 Å². The Bertz CT molecular complexity index is 464. The molecule has 0 heterocycles. The highest BCUT2D eigenvalue weighted by molar-refractivity contribution is 9.10. The molecule has 0 fully saturated rings. The van der Waals surface area contributed by atoms with Crippen LogP contribution in [0.15, 0.2) is 27.6 Å². The lowest BCUT2D eigenvalue weighted by atomic mass is 10.3. The van der Waals surface area contributed by atoms with Crippen molar-refractivity contribution < 1.29 is 17.9 Å². The highest BCUT2D eigenvalue weighted by atomic mass is 79.9. The molecule has 0 amide bonds. The third-order valence-corrected chi connectivity index (χ3v) is 3.93. The van der Waals surface area contributed by atoms with E-state index < -0.39 is 15.8 Å². The van der Waals surface area contributed by atoms with Gasteiger partial charge in [-0.2, -0.15) is 0 Å². The number of hydrogen-bond donors (Lipinski definition) is 2. The number of halogens is 2. The largest absolute Gasteiger partial charge is 0.396 e. The molecule has 0 unspecified atom stereocenters. The van der Waals surface area contributed by atoms with E-state index in [-0.39, 0.29) is 22.5 Å². The van der Waals surface area contributed by atoms with Gasteiger partial charge in [0.05, 0.1) is 9.37 Å². The number of rotatable bonds is 5. The molecule has 7 heteroatoms. The molecule has 1 aromatic carbocycles. The second-order valence-corrected chi connectivity index (χ2v) is 5.67. The lowest BCUT2D eigenvalue weighted by molar-refractivity contribution is 0.289. The monoisotopic (exact) mass is 311 g/mol. The summed E-state index contributed by atoms with van der Waals surface area (Å²) in [5.74, 6) is -0.634. The van der Waals surface area contributed by atoms with Gasteiger partial charge in [-0.05, 0) is 40.5 Å². The summed E-state index contributed by atoms with van der Waals surface area (Å²) < 4.78 is 38.8. The maximum absolute atomic E-state index is 13.1. The summed E-state index contributed by atoms with van der Waals surface area (Å²) in [5, 5.41) is 8.51. The van der Waals surface area contributed by atoms with Crippen LogP contribution in [0.5, 0.6) is 0 Å². The highest BCUT2D eigenvalue weighted by Gasteiger charge is 2.14. The van der Waals surface area contributed by atoms with Crippen LogP contribution in [0.1, 0.15) is 6.42 Å². The van der Waals surface area contributed by atoms with Crippen molar-refractivity contribution in [2.45, 2.75) is 11.3 Å². The summed E-state index contributed by atoms with van der Waals surface area (Å²) in [6.07, 6.45) is 0.318. The van der Waals surface area contributed by atoms with Crippen molar-refractivity contribution in [2.24, 2.45) is 0 Å². The minimum absolute atomic E-state index is 0.1000. The molecule has 1 aromatic rings. The molecule has 0 atom stereocenters. The topological polar surface area (TPSA) is 66.4 Å². The van der Waals surface area contributed by atoms with Crippen LogP contribution in [0.3, 0.4) is 0 Å². The van der Waals surface area contributed by atoms with Crippen LogP contribution in [-0.2, 0) is 10.0 Å². The summed E-state index contributed by atoms with van der Waals surface area (Å²) in [6, 6.07) is 3.57. The van der Waals surface area contributed by atoms with Crippen molar-refractivity contribution in [3.05, 3.63) is 28.5 Å². The van der Waals surface area contributed by atoms with Crippen molar-refractivity contribution >= 4 is 26.0 Å². The zero-order chi connectivity index (χ0) is 12.2. The molecule has 0 radical (unpaired) electrons. The summed E-state index contributed by atoms with van der Waals surface area (Å²) in [5.41, 5.74) is 0. The maximum atomic E-state index is 13.1. The number of hydrogen-bond acceptors (Lipinski definition) is 3. The van der Waals surface area contributed by atoms with Gasteiger partial charge in [-0.1, -0.05) is 0 Å². The molecular formula is C9H11BrFNO3S. The first kappa shape index (κ1) is 13.6. The Labute approximate surface area is 102 Å². The average Bonchev–Trinajstić information content (AvgIpc) is 2.22. The van der Waals surface area contributed by atoms with E-state index in [0.29, 0.717) is 6.42 Å². The first-order chi connectivity index (χ1) is 7.47. The fraction of sp³-hybridized carbons (Fsp3) is 0.333. The molecule has 2 N–H and O–H groups in total. The number of aliphatic hydroxyl groups is 1. The van der Waals surface area contributed by atoms with Crippen molar-refractivity contribution in [3.8, 4) is 0 Å². The van der Waals surface area contributed by atoms with Gasteiger partial charge in [0.25, 0.3) is 0 Å². The van der Waals surface area contributed by atoms with Gasteiger partial charge in [0.2, 0.25) is 10.0 Å². The van der Waals surface area contributed by atoms with E-state index in [9.17, 15) is 12.8 Å². The first-order valence-electron chi connectivity index (χ1n) is 4.53. The molecule has 0 aliphatic heterocycles. The molecule has 16 heavy (non-hydrogen) atoms. The van der Waals surface area contributed by atoms with Crippen LogP contribution >= 0.6 is 15.9 Å². The third-order valence-electron chi connectivity index (χ3n) is 1.83. The second-order valence-electron chi connectivity index (χ2n) is 3.05. The summed E-state index contributed by atoms with van der Waals surface area (Å²) in [6.45, 7) is 0.0216. The minimum atomic E-state index is -3.69. The van der Waals surface area contributed by atoms with Gasteiger partial charge in [-0.3, -0.25) is 0 Å². The first-order valence-corrected chi connectivity index (χ1v) is 6.80. The quantitative estimate of drug-likeness (QED) is 0.804. The van der Waals surface area contributed by atoms with E-state index in [0.717, 1.165) is 6.07 Å². The molecule has 0 aliphatic carbocycles. The Kier molecular flexibility index (Phi) is 4.85. The van der Waals surface area contributed by atoms with E-state index in [1.165, 1.54) is 12.1 Å². The van der Waals surface area contributed by atoms with Crippen LogP contribution in [0.4, 0.5) is 4.39 Å². The Hall–Kier alpha value is -0.500. The fourth-order valence-electron chi connectivity index (χ4n) is 1.01. The molecule has 0 saturated carbocycles. The molecule has 0 aromatic heterocycles. The number of aliphatic hydroxyl groups excluding tert-OH is 1. The third kappa shape index (κ3) is 3.51. The Morgan fingerprint density at radius 1 is 1.44 bits per heavy atom. The van der Waals surface area contributed by atoms with Gasteiger partial charge in [0.15, 0.2) is 0 Å². The number of benzene rings is 1. The van der Waals surface area contributed by atoms with Crippen molar-refractivity contribution in [3.63, 3.8) is 0 Å². The van der Waals surface area contributed by atoms with E-state index in [4.69, 9.17) is 5.11 Å². The number of sulfonamides is 1. The lowest BCUT2D eigenvalue weighted by Crippen LogP contribution is -2.25. The predicted molar refractivity (Wildman–Crippen MR) is 61.0 cm³/mol. The highest BCUT2D eigenvalue weighted by Crippen LogP contribution is 2.19. The predicted octanol–water partition coefficient (Wildman–Crippen LogP) is 1.25. The lowest BCUT2D eigenvalue weighted by Gasteiger charge is -2.06. The second kappa shape index (κ2) is 5.72. The Morgan fingerprint density at radius 2 is 2.12 bits per heavy atom. The standard InChI is InChI=1S/C9H11BrFNO3S/c10-8-3-2-7(6-9(8)11)16(14,15)12-4-1-5-13/h2-3,6,12-13H,1,4-5H2. The Balaban J connectivity index is 2.86. The van der Waals surface area contributed by atoms with Crippen LogP contribution in [0.25, 0.3) is 0 Å². The SMILES string of the molecule is O=S(=O)(NCCCO)c1ccc(Br)c(F)c1. The van der Waals surface area contributed by atoms with Gasteiger partial charge in [0.1, 0.15) is 5.82 Å². The van der Waals surface area contributed by atoms with E-state index in [2.05, 4.69) is 20.7 Å². The Morgan fingerprint density at radius 3 is 2.69 bits per heavy atom. The van der Waals surface area contributed by atoms with Gasteiger partial charge < -0.3 is 5.11 Å². The molecular weight excluding hydrogens is 301 g/mol. The molecule has 0 saturated heterocycles. The van der Waals surface area contributed by atoms with Crippen molar-refractivity contribution in [2.75, 3.05) is 13.2 Å². The van der Waals surface area contributed by atoms with E-state index >= 15 is 0 Å². The van der Waals surface area contributed by atoms with E-state index in [1.807, 2.05) is 0 Å². The fourth-order valence-corrected chi connectivity index (χ4v) is 2.35. The molecule has 0 aliphatic rings. The van der Waals surface area contributed by atoms with E-state index in [1.54, 1.807) is 0 Å². The number of nitrogens with one attached hydrogen (secondary N) is 1. The zero-order valence-electron chi connectivity index (χ0n) is 8.28. The maximum Gasteiger partial charge on any atom is 0.240 e. The van der Waals surface area contributed by atoms with Crippen molar-refractivity contribution in [1.82, 2.24) is 4.72 Å². The average molecular weight is 312 g/mol. The van der Waals surface area contributed by atoms with Gasteiger partial charge in [-0.15, -0.1) is 0 Å². The molecule has 4 nitrogen and oxygen atoms in total. The van der Waals surface area contributed by atoms with Gasteiger partial charge in [-0.25, -0.2) is 17.5 Å². The zero-order valence-corrected chi connectivity index (χ0v) is 10.7. The minimum Gasteiger partial charge on any atom is -0.396 e. The van der Waals surface area contributed by atoms with Gasteiger partial charge >= 0.3 is 0 Å². The smallest absolute Gasteiger partial charge is 0.240 e. The molecule has 0 spiro atoms. The summed E-state index contributed by atoms with van der Waals surface area (Å²) in [7, 11) is -3.69. The van der Waals surface area contributed by atoms with Crippen LogP contribution in [-0.4, -0.2) is 26.7 Å². The molecule has 1 rings (SSSR count). The summed E-state index contributed by atoms with van der Waals surface area (Å²) in [4.78, 5) is -0.133. The van der Waals surface area contributed by atoms with Crippen LogP contribution in [0, 0.1) is 5.82 Å². The molecule has 0 bridgehead atoms. The normalized spacial score (nSPS) is 11.7. The molecule has 90 valence electrons. The van der Waals surface area contributed by atoms with Crippen LogP contribution in [0.2, 0.25) is 0 Å².